The summed E-state index contributed by atoms with van der Waals surface area (Å²) in [4.78, 5) is 0. The fourth-order valence-corrected chi connectivity index (χ4v) is 3.28. The molecule has 2 N–H and O–H groups in total. The van der Waals surface area contributed by atoms with Crippen molar-refractivity contribution < 1.29 is 4.42 Å². The smallest absolute Gasteiger partial charge is 0.103 e. The molecule has 2 nitrogen and oxygen atoms in total. The highest BCUT2D eigenvalue weighted by Gasteiger charge is 2.28. The zero-order chi connectivity index (χ0) is 12.1. The van der Waals surface area contributed by atoms with E-state index in [0.717, 1.165) is 30.4 Å². The van der Waals surface area contributed by atoms with E-state index in [1.54, 1.807) is 6.26 Å². The molecule has 0 saturated heterocycles. The Morgan fingerprint density at radius 2 is 2.24 bits per heavy atom. The van der Waals surface area contributed by atoms with Crippen LogP contribution < -0.4 is 5.73 Å². The van der Waals surface area contributed by atoms with Crippen molar-refractivity contribution in [1.29, 1.82) is 0 Å². The van der Waals surface area contributed by atoms with E-state index in [9.17, 15) is 0 Å². The van der Waals surface area contributed by atoms with Gasteiger partial charge in [-0.25, -0.2) is 0 Å². The highest BCUT2D eigenvalue weighted by Crippen LogP contribution is 2.34. The lowest BCUT2D eigenvalue weighted by Gasteiger charge is -2.35. The molecule has 96 valence electrons. The van der Waals surface area contributed by atoms with E-state index < -0.39 is 0 Å². The molecule has 3 atom stereocenters. The fraction of sp³-hybridized carbons (Fsp3) is 0.733. The summed E-state index contributed by atoms with van der Waals surface area (Å²) in [6, 6.07) is 4.35. The minimum absolute atomic E-state index is 0.352. The Kier molecular flexibility index (Phi) is 4.66. The molecule has 2 heteroatoms. The van der Waals surface area contributed by atoms with Crippen molar-refractivity contribution >= 4 is 0 Å². The lowest BCUT2D eigenvalue weighted by Crippen LogP contribution is -2.37. The standard InChI is InChI=1S/C15H25NO/c1-2-12-6-3-4-8-14(12)15(16)10-9-13-7-5-11-17-13/h5,7,11-12,14-15H,2-4,6,8-10,16H2,1H3. The van der Waals surface area contributed by atoms with Crippen molar-refractivity contribution in [3.8, 4) is 0 Å². The Labute approximate surface area is 105 Å². The number of aryl methyl sites for hydroxylation is 1. The van der Waals surface area contributed by atoms with Gasteiger partial charge in [0.15, 0.2) is 0 Å². The molecule has 0 aromatic carbocycles. The van der Waals surface area contributed by atoms with Crippen LogP contribution in [0.4, 0.5) is 0 Å². The molecule has 1 aliphatic carbocycles. The predicted molar refractivity (Wildman–Crippen MR) is 70.7 cm³/mol. The first-order valence-corrected chi connectivity index (χ1v) is 7.09. The minimum atomic E-state index is 0.352. The summed E-state index contributed by atoms with van der Waals surface area (Å²) in [5.41, 5.74) is 6.39. The van der Waals surface area contributed by atoms with Gasteiger partial charge in [0.2, 0.25) is 0 Å². The Morgan fingerprint density at radius 1 is 1.41 bits per heavy atom. The summed E-state index contributed by atoms with van der Waals surface area (Å²) < 4.78 is 5.37. The fourth-order valence-electron chi connectivity index (χ4n) is 3.28. The van der Waals surface area contributed by atoms with Gasteiger partial charge in [0.1, 0.15) is 5.76 Å². The third-order valence-electron chi connectivity index (χ3n) is 4.35. The molecule has 1 fully saturated rings. The SMILES string of the molecule is CCC1CCCCC1C(N)CCc1ccco1. The van der Waals surface area contributed by atoms with Crippen LogP contribution in [0, 0.1) is 11.8 Å². The number of nitrogens with two attached hydrogens (primary N) is 1. The average Bonchev–Trinajstić information content (AvgIpc) is 2.89. The highest BCUT2D eigenvalue weighted by atomic mass is 16.3. The molecule has 1 saturated carbocycles. The molecular formula is C15H25NO. The van der Waals surface area contributed by atoms with Gasteiger partial charge in [-0.15, -0.1) is 0 Å². The lowest BCUT2D eigenvalue weighted by atomic mass is 9.73. The largest absolute Gasteiger partial charge is 0.469 e. The van der Waals surface area contributed by atoms with Crippen molar-refractivity contribution in [1.82, 2.24) is 0 Å². The van der Waals surface area contributed by atoms with E-state index in [1.165, 1.54) is 32.1 Å². The summed E-state index contributed by atoms with van der Waals surface area (Å²) in [7, 11) is 0. The molecule has 1 aliphatic rings. The summed E-state index contributed by atoms with van der Waals surface area (Å²) in [5, 5.41) is 0. The van der Waals surface area contributed by atoms with Gasteiger partial charge in [0, 0.05) is 12.5 Å². The number of furan rings is 1. The molecule has 1 aromatic rings. The monoisotopic (exact) mass is 235 g/mol. The van der Waals surface area contributed by atoms with Gasteiger partial charge >= 0.3 is 0 Å². The van der Waals surface area contributed by atoms with Crippen LogP contribution in [0.1, 0.15) is 51.2 Å². The van der Waals surface area contributed by atoms with E-state index in [4.69, 9.17) is 10.2 Å². The van der Waals surface area contributed by atoms with Gasteiger partial charge in [-0.05, 0) is 36.8 Å². The quantitative estimate of drug-likeness (QED) is 0.844. The van der Waals surface area contributed by atoms with Crippen LogP contribution in [0.15, 0.2) is 22.8 Å². The second kappa shape index (κ2) is 6.25. The molecular weight excluding hydrogens is 210 g/mol. The number of hydrogen-bond donors (Lipinski definition) is 1. The van der Waals surface area contributed by atoms with Crippen molar-refractivity contribution in [2.75, 3.05) is 0 Å². The minimum Gasteiger partial charge on any atom is -0.469 e. The molecule has 17 heavy (non-hydrogen) atoms. The maximum atomic E-state index is 6.39. The summed E-state index contributed by atoms with van der Waals surface area (Å²) in [6.45, 7) is 2.31. The van der Waals surface area contributed by atoms with Crippen LogP contribution in [-0.2, 0) is 6.42 Å². The van der Waals surface area contributed by atoms with E-state index in [2.05, 4.69) is 6.92 Å². The van der Waals surface area contributed by atoms with Crippen LogP contribution in [0.5, 0.6) is 0 Å². The third-order valence-corrected chi connectivity index (χ3v) is 4.35. The van der Waals surface area contributed by atoms with Gasteiger partial charge in [-0.3, -0.25) is 0 Å². The first kappa shape index (κ1) is 12.7. The van der Waals surface area contributed by atoms with E-state index in [1.807, 2.05) is 12.1 Å². The first-order valence-electron chi connectivity index (χ1n) is 7.09. The average molecular weight is 235 g/mol. The molecule has 2 rings (SSSR count). The van der Waals surface area contributed by atoms with Gasteiger partial charge in [0.05, 0.1) is 6.26 Å². The predicted octanol–water partition coefficient (Wildman–Crippen LogP) is 3.76. The summed E-state index contributed by atoms with van der Waals surface area (Å²) in [5.74, 6) is 2.67. The van der Waals surface area contributed by atoms with Crippen molar-refractivity contribution in [3.63, 3.8) is 0 Å². The lowest BCUT2D eigenvalue weighted by molar-refractivity contribution is 0.189. The van der Waals surface area contributed by atoms with E-state index in [-0.39, 0.29) is 0 Å². The van der Waals surface area contributed by atoms with Crippen LogP contribution in [0.3, 0.4) is 0 Å². The van der Waals surface area contributed by atoms with Gasteiger partial charge in [-0.1, -0.05) is 32.6 Å². The van der Waals surface area contributed by atoms with Crippen LogP contribution in [0.25, 0.3) is 0 Å². The third kappa shape index (κ3) is 3.35. The van der Waals surface area contributed by atoms with Crippen molar-refractivity contribution in [3.05, 3.63) is 24.2 Å². The molecule has 0 spiro atoms. The number of hydrogen-bond acceptors (Lipinski definition) is 2. The maximum absolute atomic E-state index is 6.39. The molecule has 0 aliphatic heterocycles. The van der Waals surface area contributed by atoms with Crippen LogP contribution >= 0.6 is 0 Å². The van der Waals surface area contributed by atoms with Gasteiger partial charge in [-0.2, -0.15) is 0 Å². The Hall–Kier alpha value is -0.760. The maximum Gasteiger partial charge on any atom is 0.103 e. The molecule has 0 amide bonds. The van der Waals surface area contributed by atoms with Gasteiger partial charge < -0.3 is 10.2 Å². The Balaban J connectivity index is 1.83. The summed E-state index contributed by atoms with van der Waals surface area (Å²) >= 11 is 0. The normalized spacial score (nSPS) is 26.9. The Bertz CT molecular complexity index is 307. The molecule has 0 radical (unpaired) electrons. The first-order chi connectivity index (χ1) is 8.31. The van der Waals surface area contributed by atoms with E-state index >= 15 is 0 Å². The zero-order valence-electron chi connectivity index (χ0n) is 10.9. The van der Waals surface area contributed by atoms with E-state index in [0.29, 0.717) is 6.04 Å². The Morgan fingerprint density at radius 3 is 2.94 bits per heavy atom. The number of rotatable bonds is 5. The van der Waals surface area contributed by atoms with Crippen LogP contribution in [0.2, 0.25) is 0 Å². The zero-order valence-corrected chi connectivity index (χ0v) is 10.9. The second-order valence-electron chi connectivity index (χ2n) is 5.40. The topological polar surface area (TPSA) is 39.2 Å². The highest BCUT2D eigenvalue weighted by molar-refractivity contribution is 4.99. The second-order valence-corrected chi connectivity index (χ2v) is 5.40. The summed E-state index contributed by atoms with van der Waals surface area (Å²) in [6.07, 6.45) is 10.6. The van der Waals surface area contributed by atoms with Crippen molar-refractivity contribution in [2.24, 2.45) is 17.6 Å². The molecule has 3 unspecified atom stereocenters. The van der Waals surface area contributed by atoms with Crippen LogP contribution in [-0.4, -0.2) is 6.04 Å². The van der Waals surface area contributed by atoms with Gasteiger partial charge in [0.25, 0.3) is 0 Å². The van der Waals surface area contributed by atoms with Crippen molar-refractivity contribution in [2.45, 2.75) is 57.9 Å². The molecule has 0 bridgehead atoms. The molecule has 1 heterocycles. The molecule has 1 aromatic heterocycles.